The first-order chi connectivity index (χ1) is 7.74. The van der Waals surface area contributed by atoms with Crippen molar-refractivity contribution >= 4 is 0 Å². The zero-order valence-electron chi connectivity index (χ0n) is 9.78. The lowest BCUT2D eigenvalue weighted by Crippen LogP contribution is -2.02. The van der Waals surface area contributed by atoms with Crippen molar-refractivity contribution in [2.45, 2.75) is 31.6 Å². The minimum absolute atomic E-state index is 0.0575. The van der Waals surface area contributed by atoms with E-state index in [9.17, 15) is 0 Å². The highest BCUT2D eigenvalue weighted by atomic mass is 16.5. The Kier molecular flexibility index (Phi) is 3.49. The first kappa shape index (κ1) is 11.5. The largest absolute Gasteiger partial charge is 0.494 e. The second-order valence-electron chi connectivity index (χ2n) is 4.42. The van der Waals surface area contributed by atoms with E-state index in [1.807, 2.05) is 13.0 Å². The van der Waals surface area contributed by atoms with E-state index in [1.165, 1.54) is 18.4 Å². The van der Waals surface area contributed by atoms with Crippen molar-refractivity contribution in [1.82, 2.24) is 0 Å². The van der Waals surface area contributed by atoms with E-state index in [0.717, 1.165) is 11.3 Å². The van der Waals surface area contributed by atoms with E-state index >= 15 is 0 Å². The summed E-state index contributed by atoms with van der Waals surface area (Å²) in [5.74, 6) is 1.55. The number of rotatable bonds is 5. The van der Waals surface area contributed by atoms with Gasteiger partial charge in [-0.1, -0.05) is 6.07 Å². The summed E-state index contributed by atoms with van der Waals surface area (Å²) in [4.78, 5) is 0. The maximum atomic E-state index is 9.15. The number of ether oxygens (including phenoxy) is 1. The van der Waals surface area contributed by atoms with Crippen LogP contribution in [-0.2, 0) is 0 Å². The van der Waals surface area contributed by atoms with Crippen molar-refractivity contribution in [1.29, 1.82) is 0 Å². The van der Waals surface area contributed by atoms with Crippen molar-refractivity contribution in [3.05, 3.63) is 36.2 Å². The van der Waals surface area contributed by atoms with Crippen molar-refractivity contribution in [2.75, 3.05) is 13.2 Å². The minimum Gasteiger partial charge on any atom is -0.494 e. The monoisotopic (exact) mass is 219 g/mol. The average molecular weight is 219 g/mol. The minimum atomic E-state index is -0.0575. The number of hydrogen-bond acceptors (Lipinski definition) is 2. The Morgan fingerprint density at radius 3 is 2.75 bits per heavy atom. The summed E-state index contributed by atoms with van der Waals surface area (Å²) in [6.07, 6.45) is 2.55. The molecular formula is C14H19O2. The van der Waals surface area contributed by atoms with Crippen LogP contribution in [0.5, 0.6) is 5.75 Å². The van der Waals surface area contributed by atoms with Crippen LogP contribution in [0.1, 0.15) is 42.7 Å². The number of aliphatic hydroxyl groups excluding tert-OH is 1. The molecule has 2 heteroatoms. The lowest BCUT2D eigenvalue weighted by Gasteiger charge is -2.13. The van der Waals surface area contributed by atoms with Gasteiger partial charge in [-0.15, -0.1) is 0 Å². The summed E-state index contributed by atoms with van der Waals surface area (Å²) >= 11 is 0. The fourth-order valence-corrected chi connectivity index (χ4v) is 1.89. The molecule has 1 fully saturated rings. The van der Waals surface area contributed by atoms with Crippen molar-refractivity contribution in [3.63, 3.8) is 0 Å². The van der Waals surface area contributed by atoms with Crippen LogP contribution < -0.4 is 4.74 Å². The van der Waals surface area contributed by atoms with Crippen LogP contribution in [0.15, 0.2) is 18.2 Å². The molecule has 1 unspecified atom stereocenters. The Labute approximate surface area is 97.3 Å². The van der Waals surface area contributed by atoms with E-state index < -0.39 is 0 Å². The fourth-order valence-electron chi connectivity index (χ4n) is 1.89. The highest BCUT2D eigenvalue weighted by molar-refractivity contribution is 5.39. The van der Waals surface area contributed by atoms with Gasteiger partial charge in [0.1, 0.15) is 5.75 Å². The third-order valence-corrected chi connectivity index (χ3v) is 3.00. The summed E-state index contributed by atoms with van der Waals surface area (Å²) in [7, 11) is 0. The molecule has 1 saturated carbocycles. The Hall–Kier alpha value is -1.02. The van der Waals surface area contributed by atoms with Gasteiger partial charge in [-0.25, -0.2) is 0 Å². The fraction of sp³-hybridized carbons (Fsp3) is 0.500. The smallest absolute Gasteiger partial charge is 0.119 e. The van der Waals surface area contributed by atoms with Crippen LogP contribution in [0.3, 0.4) is 0 Å². The highest BCUT2D eigenvalue weighted by Crippen LogP contribution is 2.42. The quantitative estimate of drug-likeness (QED) is 0.825. The summed E-state index contributed by atoms with van der Waals surface area (Å²) in [6, 6.07) is 6.27. The Balaban J connectivity index is 2.28. The molecule has 16 heavy (non-hydrogen) atoms. The number of aliphatic hydroxyl groups is 1. The SMILES string of the molecule is [CH2]C(CO)c1cc(OCC)cc(C2CC2)c1. The zero-order valence-corrected chi connectivity index (χ0v) is 9.78. The van der Waals surface area contributed by atoms with Crippen molar-refractivity contribution in [3.8, 4) is 5.75 Å². The second kappa shape index (κ2) is 4.88. The molecule has 0 bridgehead atoms. The second-order valence-corrected chi connectivity index (χ2v) is 4.42. The molecule has 0 saturated heterocycles. The molecular weight excluding hydrogens is 200 g/mol. The lowest BCUT2D eigenvalue weighted by molar-refractivity contribution is 0.282. The van der Waals surface area contributed by atoms with Crippen LogP contribution in [0, 0.1) is 6.92 Å². The first-order valence-corrected chi connectivity index (χ1v) is 5.96. The van der Waals surface area contributed by atoms with Crippen LogP contribution in [0.4, 0.5) is 0 Å². The topological polar surface area (TPSA) is 29.5 Å². The molecule has 1 radical (unpaired) electrons. The third kappa shape index (κ3) is 2.56. The Bertz CT molecular complexity index is 356. The van der Waals surface area contributed by atoms with Crippen LogP contribution in [-0.4, -0.2) is 18.3 Å². The van der Waals surface area contributed by atoms with Gasteiger partial charge in [0.2, 0.25) is 0 Å². The van der Waals surface area contributed by atoms with E-state index in [-0.39, 0.29) is 12.5 Å². The van der Waals surface area contributed by atoms with Gasteiger partial charge >= 0.3 is 0 Å². The Morgan fingerprint density at radius 2 is 2.19 bits per heavy atom. The molecule has 0 spiro atoms. The predicted molar refractivity (Wildman–Crippen MR) is 64.8 cm³/mol. The molecule has 1 aromatic carbocycles. The summed E-state index contributed by atoms with van der Waals surface area (Å²) < 4.78 is 5.55. The molecule has 0 amide bonds. The molecule has 1 atom stereocenters. The maximum Gasteiger partial charge on any atom is 0.119 e. The molecule has 2 nitrogen and oxygen atoms in total. The van der Waals surface area contributed by atoms with E-state index in [4.69, 9.17) is 9.84 Å². The van der Waals surface area contributed by atoms with Gasteiger partial charge in [0, 0.05) is 12.5 Å². The molecule has 0 heterocycles. The van der Waals surface area contributed by atoms with Gasteiger partial charge in [0.25, 0.3) is 0 Å². The average Bonchev–Trinajstić information content (AvgIpc) is 3.12. The molecule has 1 aliphatic rings. The summed E-state index contributed by atoms with van der Waals surface area (Å²) in [5.41, 5.74) is 2.42. The standard InChI is InChI=1S/C14H19O2/c1-3-16-14-7-12(10(2)9-15)6-13(8-14)11-4-5-11/h6-8,10-11,15H,2-5,9H2,1H3. The zero-order chi connectivity index (χ0) is 11.5. The predicted octanol–water partition coefficient (Wildman–Crippen LogP) is 2.87. The van der Waals surface area contributed by atoms with Gasteiger partial charge in [-0.3, -0.25) is 0 Å². The molecule has 1 aromatic rings. The van der Waals surface area contributed by atoms with Gasteiger partial charge in [-0.05, 0) is 55.9 Å². The molecule has 2 rings (SSSR count). The third-order valence-electron chi connectivity index (χ3n) is 3.00. The maximum absolute atomic E-state index is 9.15. The lowest BCUT2D eigenvalue weighted by atomic mass is 9.97. The van der Waals surface area contributed by atoms with Crippen LogP contribution in [0.2, 0.25) is 0 Å². The van der Waals surface area contributed by atoms with E-state index in [2.05, 4.69) is 19.1 Å². The van der Waals surface area contributed by atoms with Gasteiger partial charge in [0.05, 0.1) is 6.61 Å². The first-order valence-electron chi connectivity index (χ1n) is 5.96. The normalized spacial score (nSPS) is 17.2. The summed E-state index contributed by atoms with van der Waals surface area (Å²) in [5, 5.41) is 9.15. The van der Waals surface area contributed by atoms with E-state index in [1.54, 1.807) is 0 Å². The van der Waals surface area contributed by atoms with Gasteiger partial charge in [0.15, 0.2) is 0 Å². The van der Waals surface area contributed by atoms with Gasteiger partial charge in [-0.2, -0.15) is 0 Å². The molecule has 0 aromatic heterocycles. The van der Waals surface area contributed by atoms with Crippen molar-refractivity contribution < 1.29 is 9.84 Å². The van der Waals surface area contributed by atoms with Crippen LogP contribution >= 0.6 is 0 Å². The van der Waals surface area contributed by atoms with Gasteiger partial charge < -0.3 is 9.84 Å². The Morgan fingerprint density at radius 1 is 1.44 bits per heavy atom. The van der Waals surface area contributed by atoms with Crippen LogP contribution in [0.25, 0.3) is 0 Å². The number of benzene rings is 1. The highest BCUT2D eigenvalue weighted by Gasteiger charge is 2.24. The molecule has 87 valence electrons. The molecule has 0 aliphatic heterocycles. The molecule has 1 aliphatic carbocycles. The summed E-state index contributed by atoms with van der Waals surface area (Å²) in [6.45, 7) is 6.68. The van der Waals surface area contributed by atoms with Crippen molar-refractivity contribution in [2.24, 2.45) is 0 Å². The molecule has 1 N–H and O–H groups in total. The van der Waals surface area contributed by atoms with E-state index in [0.29, 0.717) is 12.5 Å². The number of hydrogen-bond donors (Lipinski definition) is 1.